The molecule has 1 N–H and O–H groups in total. The van der Waals surface area contributed by atoms with Crippen LogP contribution in [0.15, 0.2) is 30.3 Å². The molecule has 78 valence electrons. The molecule has 1 saturated carbocycles. The fourth-order valence-corrected chi connectivity index (χ4v) is 2.17. The van der Waals surface area contributed by atoms with E-state index in [4.69, 9.17) is 5.11 Å². The summed E-state index contributed by atoms with van der Waals surface area (Å²) in [6.07, 6.45) is 0.538. The van der Waals surface area contributed by atoms with Crippen molar-refractivity contribution in [3.8, 4) is 0 Å². The summed E-state index contributed by atoms with van der Waals surface area (Å²) in [5.41, 5.74) is 0.954. The Balaban J connectivity index is 2.28. The highest BCUT2D eigenvalue weighted by Crippen LogP contribution is 2.37. The van der Waals surface area contributed by atoms with E-state index in [-0.39, 0.29) is 18.1 Å². The molecule has 0 radical (unpaired) electrons. The lowest BCUT2D eigenvalue weighted by Crippen LogP contribution is -2.16. The van der Waals surface area contributed by atoms with Crippen molar-refractivity contribution in [2.75, 3.05) is 0 Å². The number of aliphatic carboxylic acids is 1. The lowest BCUT2D eigenvalue weighted by atomic mass is 9.89. The fraction of sp³-hybridized carbons (Fsp3) is 0.333. The van der Waals surface area contributed by atoms with E-state index in [9.17, 15) is 9.59 Å². The topological polar surface area (TPSA) is 54.4 Å². The first-order valence-electron chi connectivity index (χ1n) is 4.98. The highest BCUT2D eigenvalue weighted by molar-refractivity contribution is 5.89. The van der Waals surface area contributed by atoms with Crippen molar-refractivity contribution in [2.45, 2.75) is 18.8 Å². The van der Waals surface area contributed by atoms with Gasteiger partial charge in [-0.1, -0.05) is 30.3 Å². The molecule has 0 bridgehead atoms. The second kappa shape index (κ2) is 3.85. The summed E-state index contributed by atoms with van der Waals surface area (Å²) >= 11 is 0. The molecule has 1 aromatic carbocycles. The van der Waals surface area contributed by atoms with E-state index in [1.807, 2.05) is 30.3 Å². The number of benzene rings is 1. The smallest absolute Gasteiger partial charge is 0.307 e. The Morgan fingerprint density at radius 2 is 1.87 bits per heavy atom. The zero-order valence-electron chi connectivity index (χ0n) is 8.22. The molecule has 1 aliphatic carbocycles. The Labute approximate surface area is 87.7 Å². The summed E-state index contributed by atoms with van der Waals surface area (Å²) in [6, 6.07) is 9.41. The standard InChI is InChI=1S/C12H12O3/c13-9-6-10(11(7-9)12(14)15)8-4-2-1-3-5-8/h1-5,10-11H,6-7H2,(H,14,15). The number of hydrogen-bond donors (Lipinski definition) is 1. The molecule has 2 rings (SSSR count). The van der Waals surface area contributed by atoms with E-state index in [2.05, 4.69) is 0 Å². The lowest BCUT2D eigenvalue weighted by molar-refractivity contribution is -0.142. The summed E-state index contributed by atoms with van der Waals surface area (Å²) in [7, 11) is 0. The van der Waals surface area contributed by atoms with E-state index >= 15 is 0 Å². The molecule has 1 aromatic rings. The molecule has 3 heteroatoms. The molecule has 1 aliphatic rings. The van der Waals surface area contributed by atoms with Crippen LogP contribution in [0.5, 0.6) is 0 Å². The highest BCUT2D eigenvalue weighted by Gasteiger charge is 2.38. The third-order valence-electron chi connectivity index (χ3n) is 2.93. The van der Waals surface area contributed by atoms with E-state index in [1.165, 1.54) is 0 Å². The number of carbonyl (C=O) groups is 2. The number of Topliss-reactive ketones (excluding diaryl/α,β-unsaturated/α-hetero) is 1. The van der Waals surface area contributed by atoms with Crippen LogP contribution in [0, 0.1) is 5.92 Å². The predicted octanol–water partition coefficient (Wildman–Crippen LogP) is 1.83. The molecule has 0 saturated heterocycles. The minimum Gasteiger partial charge on any atom is -0.481 e. The van der Waals surface area contributed by atoms with Crippen LogP contribution in [0.1, 0.15) is 24.3 Å². The average Bonchev–Trinajstić information content (AvgIpc) is 2.62. The molecule has 15 heavy (non-hydrogen) atoms. The van der Waals surface area contributed by atoms with Crippen molar-refractivity contribution in [3.05, 3.63) is 35.9 Å². The van der Waals surface area contributed by atoms with Gasteiger partial charge in [0.05, 0.1) is 5.92 Å². The normalized spacial score (nSPS) is 25.5. The summed E-state index contributed by atoms with van der Waals surface area (Å²) in [4.78, 5) is 22.3. The van der Waals surface area contributed by atoms with Gasteiger partial charge in [-0.05, 0) is 5.56 Å². The Kier molecular flexibility index (Phi) is 2.54. The molecular formula is C12H12O3. The maximum atomic E-state index is 11.3. The number of carboxylic acids is 1. The maximum Gasteiger partial charge on any atom is 0.307 e. The van der Waals surface area contributed by atoms with E-state index in [0.717, 1.165) is 5.56 Å². The first kappa shape index (κ1) is 9.90. The van der Waals surface area contributed by atoms with Gasteiger partial charge in [0.2, 0.25) is 0 Å². The molecule has 0 aliphatic heterocycles. The Morgan fingerprint density at radius 3 is 2.47 bits per heavy atom. The van der Waals surface area contributed by atoms with Gasteiger partial charge in [-0.15, -0.1) is 0 Å². The van der Waals surface area contributed by atoms with Crippen LogP contribution >= 0.6 is 0 Å². The SMILES string of the molecule is O=C1CC(C(=O)O)C(c2ccccc2)C1. The third-order valence-corrected chi connectivity index (χ3v) is 2.93. The molecule has 0 amide bonds. The van der Waals surface area contributed by atoms with Crippen molar-refractivity contribution in [3.63, 3.8) is 0 Å². The quantitative estimate of drug-likeness (QED) is 0.799. The number of hydrogen-bond acceptors (Lipinski definition) is 2. The zero-order valence-corrected chi connectivity index (χ0v) is 8.22. The highest BCUT2D eigenvalue weighted by atomic mass is 16.4. The Morgan fingerprint density at radius 1 is 1.20 bits per heavy atom. The number of ketones is 1. The van der Waals surface area contributed by atoms with Gasteiger partial charge in [-0.2, -0.15) is 0 Å². The molecule has 0 heterocycles. The number of carbonyl (C=O) groups excluding carboxylic acids is 1. The molecule has 2 unspecified atom stereocenters. The lowest BCUT2D eigenvalue weighted by Gasteiger charge is -2.14. The zero-order chi connectivity index (χ0) is 10.8. The van der Waals surface area contributed by atoms with Gasteiger partial charge in [-0.3, -0.25) is 9.59 Å². The molecule has 3 nitrogen and oxygen atoms in total. The minimum absolute atomic E-state index is 0.0521. The van der Waals surface area contributed by atoms with Crippen molar-refractivity contribution in [2.24, 2.45) is 5.92 Å². The van der Waals surface area contributed by atoms with Gasteiger partial charge in [0.1, 0.15) is 5.78 Å². The second-order valence-electron chi connectivity index (χ2n) is 3.91. The van der Waals surface area contributed by atoms with Crippen molar-refractivity contribution in [1.29, 1.82) is 0 Å². The Bertz CT molecular complexity index is 383. The van der Waals surface area contributed by atoms with Crippen LogP contribution in [-0.4, -0.2) is 16.9 Å². The van der Waals surface area contributed by atoms with Gasteiger partial charge >= 0.3 is 5.97 Å². The molecular weight excluding hydrogens is 192 g/mol. The summed E-state index contributed by atoms with van der Waals surface area (Å²) in [6.45, 7) is 0. The van der Waals surface area contributed by atoms with Gasteiger partial charge in [0.25, 0.3) is 0 Å². The van der Waals surface area contributed by atoms with Crippen LogP contribution in [0.3, 0.4) is 0 Å². The summed E-state index contributed by atoms with van der Waals surface area (Å²) in [5, 5.41) is 9.01. The van der Waals surface area contributed by atoms with E-state index in [0.29, 0.717) is 6.42 Å². The molecule has 0 spiro atoms. The fourth-order valence-electron chi connectivity index (χ4n) is 2.17. The number of rotatable bonds is 2. The maximum absolute atomic E-state index is 11.3. The van der Waals surface area contributed by atoms with Crippen LogP contribution < -0.4 is 0 Å². The van der Waals surface area contributed by atoms with Crippen molar-refractivity contribution < 1.29 is 14.7 Å². The van der Waals surface area contributed by atoms with E-state index < -0.39 is 11.9 Å². The van der Waals surface area contributed by atoms with Crippen LogP contribution in [0.4, 0.5) is 0 Å². The average molecular weight is 204 g/mol. The monoisotopic (exact) mass is 204 g/mol. The minimum atomic E-state index is -0.866. The molecule has 2 atom stereocenters. The largest absolute Gasteiger partial charge is 0.481 e. The van der Waals surface area contributed by atoms with E-state index in [1.54, 1.807) is 0 Å². The third kappa shape index (κ3) is 1.91. The molecule has 0 aromatic heterocycles. The number of carboxylic acid groups (broad SMARTS) is 1. The van der Waals surface area contributed by atoms with Crippen molar-refractivity contribution in [1.82, 2.24) is 0 Å². The summed E-state index contributed by atoms with van der Waals surface area (Å²) < 4.78 is 0. The van der Waals surface area contributed by atoms with Gasteiger partial charge in [0.15, 0.2) is 0 Å². The van der Waals surface area contributed by atoms with Gasteiger partial charge in [0, 0.05) is 18.8 Å². The predicted molar refractivity (Wildman–Crippen MR) is 54.5 cm³/mol. The van der Waals surface area contributed by atoms with Crippen molar-refractivity contribution >= 4 is 11.8 Å². The Hall–Kier alpha value is -1.64. The first-order chi connectivity index (χ1) is 7.18. The molecule has 1 fully saturated rings. The van der Waals surface area contributed by atoms with Gasteiger partial charge < -0.3 is 5.11 Å². The first-order valence-corrected chi connectivity index (χ1v) is 4.98. The van der Waals surface area contributed by atoms with Gasteiger partial charge in [-0.25, -0.2) is 0 Å². The summed E-state index contributed by atoms with van der Waals surface area (Å²) in [5.74, 6) is -1.50. The second-order valence-corrected chi connectivity index (χ2v) is 3.91. The van der Waals surface area contributed by atoms with Crippen LogP contribution in [-0.2, 0) is 9.59 Å². The van der Waals surface area contributed by atoms with Crippen LogP contribution in [0.25, 0.3) is 0 Å². The van der Waals surface area contributed by atoms with Crippen LogP contribution in [0.2, 0.25) is 0 Å².